The van der Waals surface area contributed by atoms with E-state index in [0.717, 1.165) is 19.8 Å². The lowest BCUT2D eigenvalue weighted by atomic mass is 9.78. The molecule has 12 heteroatoms. The van der Waals surface area contributed by atoms with Crippen LogP contribution in [-0.4, -0.2) is 46.0 Å². The van der Waals surface area contributed by atoms with E-state index in [2.05, 4.69) is 0 Å². The number of nitrogens with zero attached hydrogens (tertiary/aromatic N) is 3. The highest BCUT2D eigenvalue weighted by Gasteiger charge is 2.50. The summed E-state index contributed by atoms with van der Waals surface area (Å²) in [5.74, 6) is -3.74. The second-order valence-electron chi connectivity index (χ2n) is 8.99. The molecule has 0 saturated heterocycles. The SMILES string of the molecule is COC(=O)C1=C(O)C(C(=O)OC)[C@H](c2ccc([N+](=O)[O-])cc2)N(Cc2ccccc2)[C@H]1c1ccc([N+](=O)[O-])cc1. The lowest BCUT2D eigenvalue weighted by Crippen LogP contribution is -2.47. The number of non-ortho nitro benzene ring substituents is 2. The van der Waals surface area contributed by atoms with Crippen molar-refractivity contribution in [2.45, 2.75) is 18.6 Å². The fraction of sp³-hybridized carbons (Fsp3) is 0.214. The maximum Gasteiger partial charge on any atom is 0.339 e. The fourth-order valence-electron chi connectivity index (χ4n) is 4.97. The van der Waals surface area contributed by atoms with E-state index in [1.54, 1.807) is 4.90 Å². The normalized spacial score (nSPS) is 19.1. The van der Waals surface area contributed by atoms with Gasteiger partial charge in [0.2, 0.25) is 0 Å². The van der Waals surface area contributed by atoms with Gasteiger partial charge in [-0.15, -0.1) is 0 Å². The molecule has 3 aromatic rings. The molecule has 1 aliphatic heterocycles. The Morgan fingerprint density at radius 3 is 1.82 bits per heavy atom. The molecule has 0 spiro atoms. The van der Waals surface area contributed by atoms with Crippen molar-refractivity contribution in [2.75, 3.05) is 14.2 Å². The summed E-state index contributed by atoms with van der Waals surface area (Å²) in [7, 11) is 2.27. The third-order valence-electron chi connectivity index (χ3n) is 6.78. The van der Waals surface area contributed by atoms with Crippen molar-refractivity contribution in [3.63, 3.8) is 0 Å². The van der Waals surface area contributed by atoms with E-state index < -0.39 is 45.5 Å². The summed E-state index contributed by atoms with van der Waals surface area (Å²) in [4.78, 5) is 49.6. The molecule has 206 valence electrons. The molecule has 0 aromatic heterocycles. The first kappa shape index (κ1) is 27.9. The van der Waals surface area contributed by atoms with E-state index in [9.17, 15) is 34.9 Å². The van der Waals surface area contributed by atoms with Crippen LogP contribution < -0.4 is 0 Å². The van der Waals surface area contributed by atoms with E-state index in [4.69, 9.17) is 9.47 Å². The third kappa shape index (κ3) is 5.38. The van der Waals surface area contributed by atoms with E-state index in [1.165, 1.54) is 48.5 Å². The van der Waals surface area contributed by atoms with Crippen LogP contribution in [0.1, 0.15) is 28.8 Å². The molecule has 0 aliphatic carbocycles. The predicted molar refractivity (Wildman–Crippen MR) is 141 cm³/mol. The number of hydrogen-bond donors (Lipinski definition) is 1. The Morgan fingerprint density at radius 1 is 0.825 bits per heavy atom. The molecule has 1 unspecified atom stereocenters. The van der Waals surface area contributed by atoms with Gasteiger partial charge in [0, 0.05) is 30.8 Å². The summed E-state index contributed by atoms with van der Waals surface area (Å²) < 4.78 is 10.0. The van der Waals surface area contributed by atoms with Crippen LogP contribution in [0.2, 0.25) is 0 Å². The van der Waals surface area contributed by atoms with Crippen molar-refractivity contribution in [1.29, 1.82) is 0 Å². The molecule has 0 fully saturated rings. The summed E-state index contributed by atoms with van der Waals surface area (Å²) in [6.45, 7) is 0.144. The third-order valence-corrected chi connectivity index (χ3v) is 6.78. The smallest absolute Gasteiger partial charge is 0.339 e. The number of hydrogen-bond acceptors (Lipinski definition) is 10. The molecule has 40 heavy (non-hydrogen) atoms. The first-order chi connectivity index (χ1) is 19.2. The van der Waals surface area contributed by atoms with Crippen LogP contribution in [0, 0.1) is 26.1 Å². The first-order valence-electron chi connectivity index (χ1n) is 12.1. The summed E-state index contributed by atoms with van der Waals surface area (Å²) in [5.41, 5.74) is 1.03. The van der Waals surface area contributed by atoms with Gasteiger partial charge >= 0.3 is 11.9 Å². The minimum absolute atomic E-state index is 0.144. The number of nitro benzene ring substituents is 2. The Morgan fingerprint density at radius 2 is 1.35 bits per heavy atom. The summed E-state index contributed by atoms with van der Waals surface area (Å²) in [6.07, 6.45) is 0. The number of ether oxygens (including phenoxy) is 2. The van der Waals surface area contributed by atoms with Crippen molar-refractivity contribution < 1.29 is 34.0 Å². The maximum absolute atomic E-state index is 13.2. The zero-order valence-electron chi connectivity index (χ0n) is 21.5. The molecular weight excluding hydrogens is 522 g/mol. The Labute approximate surface area is 228 Å². The van der Waals surface area contributed by atoms with Crippen LogP contribution in [-0.2, 0) is 25.6 Å². The van der Waals surface area contributed by atoms with Gasteiger partial charge in [0.05, 0.1) is 41.7 Å². The second-order valence-corrected chi connectivity index (χ2v) is 8.99. The number of methoxy groups -OCH3 is 2. The highest BCUT2D eigenvalue weighted by atomic mass is 16.6. The van der Waals surface area contributed by atoms with E-state index in [-0.39, 0.29) is 23.5 Å². The van der Waals surface area contributed by atoms with Crippen LogP contribution in [0.3, 0.4) is 0 Å². The topological polar surface area (TPSA) is 162 Å². The number of aliphatic hydroxyl groups excluding tert-OH is 1. The number of carbonyl (C=O) groups excluding carboxylic acids is 2. The highest BCUT2D eigenvalue weighted by Crippen LogP contribution is 2.49. The zero-order chi connectivity index (χ0) is 29.0. The minimum atomic E-state index is -1.40. The number of esters is 2. The molecule has 0 saturated carbocycles. The van der Waals surface area contributed by atoms with E-state index >= 15 is 0 Å². The van der Waals surface area contributed by atoms with Gasteiger partial charge in [-0.2, -0.15) is 0 Å². The number of nitro groups is 2. The molecule has 0 radical (unpaired) electrons. The lowest BCUT2D eigenvalue weighted by molar-refractivity contribution is -0.385. The van der Waals surface area contributed by atoms with Crippen LogP contribution in [0.5, 0.6) is 0 Å². The van der Waals surface area contributed by atoms with Gasteiger partial charge in [-0.3, -0.25) is 29.9 Å². The van der Waals surface area contributed by atoms with Crippen molar-refractivity contribution in [3.8, 4) is 0 Å². The number of rotatable bonds is 8. The number of carbonyl (C=O) groups is 2. The molecule has 3 atom stereocenters. The second kappa shape index (κ2) is 11.7. The summed E-state index contributed by atoms with van der Waals surface area (Å²) in [6, 6.07) is 18.1. The molecule has 1 heterocycles. The van der Waals surface area contributed by atoms with Crippen LogP contribution in [0.15, 0.2) is 90.2 Å². The zero-order valence-corrected chi connectivity index (χ0v) is 21.5. The van der Waals surface area contributed by atoms with Crippen LogP contribution in [0.4, 0.5) is 11.4 Å². The monoisotopic (exact) mass is 547 g/mol. The summed E-state index contributed by atoms with van der Waals surface area (Å²) >= 11 is 0. The number of aliphatic hydroxyl groups is 1. The Balaban J connectivity index is 2.02. The molecule has 1 N–H and O–H groups in total. The van der Waals surface area contributed by atoms with Gasteiger partial charge in [-0.1, -0.05) is 54.6 Å². The molecular formula is C28H25N3O9. The van der Waals surface area contributed by atoms with Crippen molar-refractivity contribution in [3.05, 3.63) is 127 Å². The van der Waals surface area contributed by atoms with Crippen molar-refractivity contribution in [1.82, 2.24) is 4.90 Å². The predicted octanol–water partition coefficient (Wildman–Crippen LogP) is 4.58. The maximum atomic E-state index is 13.2. The molecule has 4 rings (SSSR count). The van der Waals surface area contributed by atoms with Gasteiger partial charge in [0.15, 0.2) is 0 Å². The summed E-state index contributed by atoms with van der Waals surface area (Å²) in [5, 5.41) is 34.1. The largest absolute Gasteiger partial charge is 0.511 e. The van der Waals surface area contributed by atoms with Gasteiger partial charge in [0.1, 0.15) is 11.7 Å². The van der Waals surface area contributed by atoms with E-state index in [0.29, 0.717) is 11.1 Å². The number of benzene rings is 3. The van der Waals surface area contributed by atoms with Crippen molar-refractivity contribution >= 4 is 23.3 Å². The molecule has 3 aromatic carbocycles. The quantitative estimate of drug-likeness (QED) is 0.240. The van der Waals surface area contributed by atoms with Gasteiger partial charge in [-0.25, -0.2) is 4.79 Å². The lowest BCUT2D eigenvalue weighted by Gasteiger charge is -2.45. The minimum Gasteiger partial charge on any atom is -0.511 e. The first-order valence-corrected chi connectivity index (χ1v) is 12.1. The fourth-order valence-corrected chi connectivity index (χ4v) is 4.97. The average molecular weight is 548 g/mol. The van der Waals surface area contributed by atoms with Gasteiger partial charge in [-0.05, 0) is 16.7 Å². The molecule has 0 bridgehead atoms. The Bertz CT molecular complexity index is 1450. The van der Waals surface area contributed by atoms with Crippen LogP contribution >= 0.6 is 0 Å². The van der Waals surface area contributed by atoms with Crippen LogP contribution in [0.25, 0.3) is 0 Å². The molecule has 0 amide bonds. The molecule has 12 nitrogen and oxygen atoms in total. The van der Waals surface area contributed by atoms with Crippen molar-refractivity contribution in [2.24, 2.45) is 5.92 Å². The standard InChI is InChI=1S/C28H25N3O9/c1-39-27(33)22-24(18-8-12-20(13-9-18)30(35)36)29(16-17-6-4-3-5-7-17)25(23(26(22)32)28(34)40-2)19-10-14-21(15-11-19)31(37)38/h3-15,22,24-25,32H,16H2,1-2H3/t22?,24-,25-/m0/s1. The Kier molecular flexibility index (Phi) is 8.20. The van der Waals surface area contributed by atoms with E-state index in [1.807, 2.05) is 30.3 Å². The molecule has 1 aliphatic rings. The van der Waals surface area contributed by atoms with Gasteiger partial charge in [0.25, 0.3) is 11.4 Å². The average Bonchev–Trinajstić information content (AvgIpc) is 2.97. The highest BCUT2D eigenvalue weighted by molar-refractivity contribution is 5.93. The van der Waals surface area contributed by atoms with Gasteiger partial charge < -0.3 is 14.6 Å². The Hall–Kier alpha value is -5.10.